The lowest BCUT2D eigenvalue weighted by Crippen LogP contribution is -2.48. The predicted molar refractivity (Wildman–Crippen MR) is 108 cm³/mol. The fraction of sp³-hybridized carbons (Fsp3) is 0.350. The summed E-state index contributed by atoms with van der Waals surface area (Å²) in [5.41, 5.74) is 2.74. The Morgan fingerprint density at radius 2 is 1.72 bits per heavy atom. The van der Waals surface area contributed by atoms with Crippen LogP contribution in [0.15, 0.2) is 53.4 Å². The Hall–Kier alpha value is -2.52. The standard InChI is InChI=1S/C20H23F2N3O3S/c1-15-3-2-4-17(13-15)25-11-9-24(10-12-25)14-19(26)23-16-5-7-18(8-6-16)29(27,28)20(21)22/h2-8,13,20H,9-12,14H2,1H3,(H,23,26). The van der Waals surface area contributed by atoms with Crippen LogP contribution in [0.25, 0.3) is 0 Å². The molecular formula is C20H23F2N3O3S. The molecule has 29 heavy (non-hydrogen) atoms. The van der Waals surface area contributed by atoms with Gasteiger partial charge in [0.25, 0.3) is 0 Å². The van der Waals surface area contributed by atoms with E-state index in [1.807, 2.05) is 11.0 Å². The number of hydrogen-bond donors (Lipinski definition) is 1. The van der Waals surface area contributed by atoms with Crippen LogP contribution in [-0.2, 0) is 14.6 Å². The van der Waals surface area contributed by atoms with Crippen molar-refractivity contribution in [3.8, 4) is 0 Å². The molecule has 1 aliphatic heterocycles. The van der Waals surface area contributed by atoms with Crippen molar-refractivity contribution in [2.45, 2.75) is 17.6 Å². The van der Waals surface area contributed by atoms with Gasteiger partial charge in [-0.3, -0.25) is 9.69 Å². The monoisotopic (exact) mass is 423 g/mol. The van der Waals surface area contributed by atoms with E-state index in [1.54, 1.807) is 0 Å². The zero-order valence-corrected chi connectivity index (χ0v) is 16.8. The Morgan fingerprint density at radius 1 is 1.07 bits per heavy atom. The number of sulfone groups is 1. The van der Waals surface area contributed by atoms with Crippen molar-refractivity contribution in [1.29, 1.82) is 0 Å². The first kappa shape index (κ1) is 21.2. The minimum Gasteiger partial charge on any atom is -0.369 e. The molecular weight excluding hydrogens is 400 g/mol. The van der Waals surface area contributed by atoms with Gasteiger partial charge in [0.05, 0.1) is 11.4 Å². The van der Waals surface area contributed by atoms with Gasteiger partial charge < -0.3 is 10.2 Å². The van der Waals surface area contributed by atoms with Crippen LogP contribution in [-0.4, -0.2) is 57.7 Å². The summed E-state index contributed by atoms with van der Waals surface area (Å²) in [6, 6.07) is 13.1. The molecule has 1 N–H and O–H groups in total. The second kappa shape index (κ2) is 8.87. The Morgan fingerprint density at radius 3 is 2.31 bits per heavy atom. The van der Waals surface area contributed by atoms with Gasteiger partial charge in [-0.1, -0.05) is 12.1 Å². The molecule has 0 saturated carbocycles. The molecule has 6 nitrogen and oxygen atoms in total. The number of piperazine rings is 1. The highest BCUT2D eigenvalue weighted by atomic mass is 32.2. The van der Waals surface area contributed by atoms with Gasteiger partial charge in [-0.25, -0.2) is 8.42 Å². The average molecular weight is 423 g/mol. The van der Waals surface area contributed by atoms with Gasteiger partial charge in [-0.05, 0) is 48.9 Å². The molecule has 1 fully saturated rings. The number of carbonyl (C=O) groups excluding carboxylic acids is 1. The van der Waals surface area contributed by atoms with Gasteiger partial charge >= 0.3 is 5.76 Å². The number of nitrogens with one attached hydrogen (secondary N) is 1. The van der Waals surface area contributed by atoms with E-state index in [0.717, 1.165) is 38.3 Å². The highest BCUT2D eigenvalue weighted by Gasteiger charge is 2.26. The molecule has 2 aromatic carbocycles. The van der Waals surface area contributed by atoms with E-state index < -0.39 is 20.5 Å². The van der Waals surface area contributed by atoms with E-state index >= 15 is 0 Å². The zero-order chi connectivity index (χ0) is 21.0. The van der Waals surface area contributed by atoms with Crippen molar-refractivity contribution in [2.24, 2.45) is 0 Å². The second-order valence-corrected chi connectivity index (χ2v) is 8.90. The number of nitrogens with zero attached hydrogens (tertiary/aromatic N) is 2. The topological polar surface area (TPSA) is 69.7 Å². The molecule has 9 heteroatoms. The highest BCUT2D eigenvalue weighted by molar-refractivity contribution is 7.91. The van der Waals surface area contributed by atoms with Gasteiger partial charge in [-0.15, -0.1) is 0 Å². The number of aryl methyl sites for hydroxylation is 1. The SMILES string of the molecule is Cc1cccc(N2CCN(CC(=O)Nc3ccc(S(=O)(=O)C(F)F)cc3)CC2)c1. The van der Waals surface area contributed by atoms with Crippen LogP contribution in [0.4, 0.5) is 20.2 Å². The Bertz CT molecular complexity index is 957. The van der Waals surface area contributed by atoms with E-state index in [1.165, 1.54) is 23.4 Å². The molecule has 1 saturated heterocycles. The molecule has 1 aliphatic rings. The highest BCUT2D eigenvalue weighted by Crippen LogP contribution is 2.21. The second-order valence-electron chi connectivity index (χ2n) is 6.98. The summed E-state index contributed by atoms with van der Waals surface area (Å²) in [4.78, 5) is 16.1. The Balaban J connectivity index is 1.50. The van der Waals surface area contributed by atoms with Crippen molar-refractivity contribution in [3.05, 3.63) is 54.1 Å². The summed E-state index contributed by atoms with van der Waals surface area (Å²) in [6.45, 7) is 5.38. The smallest absolute Gasteiger partial charge is 0.341 e. The first-order chi connectivity index (χ1) is 13.8. The van der Waals surface area contributed by atoms with Gasteiger partial charge in [0.1, 0.15) is 0 Å². The lowest BCUT2D eigenvalue weighted by Gasteiger charge is -2.35. The predicted octanol–water partition coefficient (Wildman–Crippen LogP) is 2.75. The molecule has 0 spiro atoms. The van der Waals surface area contributed by atoms with Crippen LogP contribution in [0, 0.1) is 6.92 Å². The Kier molecular flexibility index (Phi) is 6.49. The fourth-order valence-corrected chi connectivity index (χ4v) is 3.94. The maximum Gasteiger partial charge on any atom is 0.341 e. The molecule has 0 radical (unpaired) electrons. The van der Waals surface area contributed by atoms with Crippen molar-refractivity contribution < 1.29 is 22.0 Å². The summed E-state index contributed by atoms with van der Waals surface area (Å²) in [5.74, 6) is -3.71. The van der Waals surface area contributed by atoms with Crippen molar-refractivity contribution >= 4 is 27.1 Å². The van der Waals surface area contributed by atoms with Crippen molar-refractivity contribution in [1.82, 2.24) is 4.90 Å². The first-order valence-electron chi connectivity index (χ1n) is 9.21. The maximum absolute atomic E-state index is 12.6. The van der Waals surface area contributed by atoms with Crippen molar-refractivity contribution in [2.75, 3.05) is 42.9 Å². The van der Waals surface area contributed by atoms with Gasteiger partial charge in [0, 0.05) is 37.6 Å². The normalized spacial score (nSPS) is 15.5. The number of benzene rings is 2. The zero-order valence-electron chi connectivity index (χ0n) is 16.0. The lowest BCUT2D eigenvalue weighted by molar-refractivity contribution is -0.117. The molecule has 0 bridgehead atoms. The molecule has 156 valence electrons. The third-order valence-electron chi connectivity index (χ3n) is 4.81. The van der Waals surface area contributed by atoms with Crippen LogP contribution in [0.3, 0.4) is 0 Å². The Labute approximate surface area is 169 Å². The number of amides is 1. The average Bonchev–Trinajstić information content (AvgIpc) is 2.69. The lowest BCUT2D eigenvalue weighted by atomic mass is 10.2. The van der Waals surface area contributed by atoms with Gasteiger partial charge in [-0.2, -0.15) is 8.78 Å². The van der Waals surface area contributed by atoms with E-state index in [9.17, 15) is 22.0 Å². The van der Waals surface area contributed by atoms with Crippen LogP contribution in [0.2, 0.25) is 0 Å². The molecule has 0 aliphatic carbocycles. The minimum atomic E-state index is -4.63. The summed E-state index contributed by atoms with van der Waals surface area (Å²) >= 11 is 0. The molecule has 0 aromatic heterocycles. The summed E-state index contributed by atoms with van der Waals surface area (Å²) < 4.78 is 48.0. The molecule has 0 atom stereocenters. The number of alkyl halides is 2. The van der Waals surface area contributed by atoms with Gasteiger partial charge in [0.15, 0.2) is 0 Å². The van der Waals surface area contributed by atoms with Crippen LogP contribution >= 0.6 is 0 Å². The molecule has 2 aromatic rings. The fourth-order valence-electron chi connectivity index (χ4n) is 3.22. The van der Waals surface area contributed by atoms with Crippen molar-refractivity contribution in [3.63, 3.8) is 0 Å². The van der Waals surface area contributed by atoms with E-state index in [4.69, 9.17) is 0 Å². The minimum absolute atomic E-state index is 0.207. The molecule has 1 amide bonds. The summed E-state index contributed by atoms with van der Waals surface area (Å²) in [7, 11) is -4.63. The number of halogens is 2. The molecule has 3 rings (SSSR count). The largest absolute Gasteiger partial charge is 0.369 e. The van der Waals surface area contributed by atoms with E-state index in [2.05, 4.69) is 35.3 Å². The van der Waals surface area contributed by atoms with E-state index in [-0.39, 0.29) is 12.5 Å². The van der Waals surface area contributed by atoms with Crippen LogP contribution in [0.1, 0.15) is 5.56 Å². The maximum atomic E-state index is 12.6. The first-order valence-corrected chi connectivity index (χ1v) is 10.8. The van der Waals surface area contributed by atoms with E-state index in [0.29, 0.717) is 5.69 Å². The third kappa shape index (κ3) is 5.30. The third-order valence-corrected chi connectivity index (χ3v) is 6.21. The number of hydrogen-bond acceptors (Lipinski definition) is 5. The summed E-state index contributed by atoms with van der Waals surface area (Å²) in [5, 5.41) is 2.67. The number of anilines is 2. The molecule has 1 heterocycles. The van der Waals surface area contributed by atoms with Gasteiger partial charge in [0.2, 0.25) is 15.7 Å². The quantitative estimate of drug-likeness (QED) is 0.774. The van der Waals surface area contributed by atoms with Crippen LogP contribution < -0.4 is 10.2 Å². The number of carbonyl (C=O) groups is 1. The van der Waals surface area contributed by atoms with Crippen LogP contribution in [0.5, 0.6) is 0 Å². The number of rotatable bonds is 6. The molecule has 0 unspecified atom stereocenters. The summed E-state index contributed by atoms with van der Waals surface area (Å²) in [6.07, 6.45) is 0.